The van der Waals surface area contributed by atoms with Gasteiger partial charge in [-0.15, -0.1) is 0 Å². The van der Waals surface area contributed by atoms with Crippen LogP contribution in [-0.4, -0.2) is 12.6 Å². The summed E-state index contributed by atoms with van der Waals surface area (Å²) in [5.74, 6) is 0.625. The number of para-hydroxylation sites is 1. The van der Waals surface area contributed by atoms with Crippen LogP contribution in [0.1, 0.15) is 46.1 Å². The van der Waals surface area contributed by atoms with Gasteiger partial charge in [0.1, 0.15) is 0 Å². The average molecular weight is 347 g/mol. The molecule has 0 radical (unpaired) electrons. The van der Waals surface area contributed by atoms with E-state index in [0.717, 1.165) is 29.7 Å². The fraction of sp³-hybridized carbons (Fsp3) is 0.625. The Bertz CT molecular complexity index is 388. The van der Waals surface area contributed by atoms with E-state index in [2.05, 4.69) is 54.6 Å². The van der Waals surface area contributed by atoms with E-state index in [1.807, 2.05) is 12.1 Å². The van der Waals surface area contributed by atoms with E-state index in [1.54, 1.807) is 0 Å². The Hall–Kier alpha value is -0.210. The van der Waals surface area contributed by atoms with E-state index >= 15 is 0 Å². The number of hydrogen-bond acceptors (Lipinski definition) is 1. The van der Waals surface area contributed by atoms with Crippen molar-refractivity contribution in [2.45, 2.75) is 51.9 Å². The Morgan fingerprint density at radius 1 is 1.21 bits per heavy atom. The first-order chi connectivity index (χ1) is 9.04. The lowest BCUT2D eigenvalue weighted by Gasteiger charge is -2.36. The maximum Gasteiger partial charge on any atom is 0.0642 e. The SMILES string of the molecule is CCC(CC)N(CC(C)C)c1c(Cl)cccc1CBr. The van der Waals surface area contributed by atoms with E-state index in [4.69, 9.17) is 11.6 Å². The molecule has 108 valence electrons. The molecule has 19 heavy (non-hydrogen) atoms. The Labute approximate surface area is 131 Å². The lowest BCUT2D eigenvalue weighted by atomic mass is 10.0. The fourth-order valence-corrected chi connectivity index (χ4v) is 3.29. The van der Waals surface area contributed by atoms with Crippen LogP contribution in [0.4, 0.5) is 5.69 Å². The Kier molecular flexibility index (Phi) is 7.23. The second-order valence-corrected chi connectivity index (χ2v) is 6.37. The van der Waals surface area contributed by atoms with Crippen LogP contribution in [0.3, 0.4) is 0 Å². The minimum absolute atomic E-state index is 0.556. The summed E-state index contributed by atoms with van der Waals surface area (Å²) in [5, 5.41) is 1.71. The summed E-state index contributed by atoms with van der Waals surface area (Å²) in [4.78, 5) is 2.50. The molecule has 0 amide bonds. The molecular weight excluding hydrogens is 322 g/mol. The summed E-state index contributed by atoms with van der Waals surface area (Å²) in [5.41, 5.74) is 2.49. The lowest BCUT2D eigenvalue weighted by molar-refractivity contribution is 0.507. The van der Waals surface area contributed by atoms with Gasteiger partial charge in [0.2, 0.25) is 0 Å². The number of halogens is 2. The summed E-state index contributed by atoms with van der Waals surface area (Å²) in [6.45, 7) is 10.1. The first-order valence-electron chi connectivity index (χ1n) is 7.15. The summed E-state index contributed by atoms with van der Waals surface area (Å²) in [6.07, 6.45) is 2.30. The molecule has 0 N–H and O–H groups in total. The predicted octanol–water partition coefficient (Wildman–Crippen LogP) is 5.89. The normalized spacial score (nSPS) is 11.4. The van der Waals surface area contributed by atoms with Crippen LogP contribution in [-0.2, 0) is 5.33 Å². The second-order valence-electron chi connectivity index (χ2n) is 5.40. The van der Waals surface area contributed by atoms with Gasteiger partial charge in [0.15, 0.2) is 0 Å². The third-order valence-corrected chi connectivity index (χ3v) is 4.36. The molecule has 0 unspecified atom stereocenters. The maximum absolute atomic E-state index is 6.48. The highest BCUT2D eigenvalue weighted by Crippen LogP contribution is 2.34. The zero-order valence-electron chi connectivity index (χ0n) is 12.4. The predicted molar refractivity (Wildman–Crippen MR) is 90.6 cm³/mol. The Morgan fingerprint density at radius 3 is 2.32 bits per heavy atom. The molecule has 0 saturated carbocycles. The molecule has 0 aliphatic heterocycles. The van der Waals surface area contributed by atoms with E-state index in [-0.39, 0.29) is 0 Å². The molecule has 0 fully saturated rings. The fourth-order valence-electron chi connectivity index (χ4n) is 2.54. The molecule has 1 aromatic carbocycles. The van der Waals surface area contributed by atoms with Gasteiger partial charge in [0.05, 0.1) is 10.7 Å². The molecule has 0 spiro atoms. The third-order valence-electron chi connectivity index (χ3n) is 3.45. The first kappa shape index (κ1) is 16.8. The van der Waals surface area contributed by atoms with Crippen molar-refractivity contribution >= 4 is 33.2 Å². The summed E-state index contributed by atoms with van der Waals surface area (Å²) in [7, 11) is 0. The van der Waals surface area contributed by atoms with Crippen molar-refractivity contribution in [3.63, 3.8) is 0 Å². The van der Waals surface area contributed by atoms with Gasteiger partial charge in [-0.1, -0.05) is 67.4 Å². The highest BCUT2D eigenvalue weighted by molar-refractivity contribution is 9.08. The summed E-state index contributed by atoms with van der Waals surface area (Å²) in [6, 6.07) is 6.74. The van der Waals surface area contributed by atoms with Crippen molar-refractivity contribution < 1.29 is 0 Å². The van der Waals surface area contributed by atoms with Crippen LogP contribution in [0.15, 0.2) is 18.2 Å². The minimum Gasteiger partial charge on any atom is -0.367 e. The Balaban J connectivity index is 3.23. The Morgan fingerprint density at radius 2 is 1.84 bits per heavy atom. The van der Waals surface area contributed by atoms with Crippen LogP contribution < -0.4 is 4.90 Å². The third kappa shape index (κ3) is 4.39. The van der Waals surface area contributed by atoms with Gasteiger partial charge in [0.25, 0.3) is 0 Å². The van der Waals surface area contributed by atoms with Crippen LogP contribution in [0.5, 0.6) is 0 Å². The number of rotatable bonds is 7. The van der Waals surface area contributed by atoms with Gasteiger partial charge < -0.3 is 4.90 Å². The molecule has 0 bridgehead atoms. The van der Waals surface area contributed by atoms with Gasteiger partial charge in [-0.2, -0.15) is 0 Å². The molecule has 0 atom stereocenters. The van der Waals surface area contributed by atoms with Gasteiger partial charge >= 0.3 is 0 Å². The van der Waals surface area contributed by atoms with Gasteiger partial charge in [-0.05, 0) is 30.4 Å². The van der Waals surface area contributed by atoms with E-state index in [1.165, 1.54) is 11.3 Å². The summed E-state index contributed by atoms with van der Waals surface area (Å²) >= 11 is 10.1. The highest BCUT2D eigenvalue weighted by Gasteiger charge is 2.21. The highest BCUT2D eigenvalue weighted by atomic mass is 79.9. The van der Waals surface area contributed by atoms with Crippen LogP contribution in [0.2, 0.25) is 5.02 Å². The molecule has 1 rings (SSSR count). The van der Waals surface area contributed by atoms with Crippen molar-refractivity contribution in [2.75, 3.05) is 11.4 Å². The van der Waals surface area contributed by atoms with Gasteiger partial charge in [-0.25, -0.2) is 0 Å². The summed E-state index contributed by atoms with van der Waals surface area (Å²) < 4.78 is 0. The van der Waals surface area contributed by atoms with Crippen LogP contribution >= 0.6 is 27.5 Å². The van der Waals surface area contributed by atoms with Crippen molar-refractivity contribution in [3.8, 4) is 0 Å². The molecule has 1 aromatic rings. The monoisotopic (exact) mass is 345 g/mol. The second kappa shape index (κ2) is 8.16. The largest absolute Gasteiger partial charge is 0.367 e. The molecule has 0 heterocycles. The van der Waals surface area contributed by atoms with E-state index in [9.17, 15) is 0 Å². The molecular formula is C16H25BrClN. The standard InChI is InChI=1S/C16H25BrClN/c1-5-14(6-2)19(11-12(3)4)16-13(10-17)8-7-9-15(16)18/h7-9,12,14H,5-6,10-11H2,1-4H3. The number of alkyl halides is 1. The number of anilines is 1. The van der Waals surface area contributed by atoms with Crippen LogP contribution in [0, 0.1) is 5.92 Å². The molecule has 0 aliphatic carbocycles. The molecule has 3 heteroatoms. The molecule has 1 nitrogen and oxygen atoms in total. The molecule has 0 aliphatic rings. The number of hydrogen-bond donors (Lipinski definition) is 0. The number of benzene rings is 1. The van der Waals surface area contributed by atoms with E-state index in [0.29, 0.717) is 12.0 Å². The topological polar surface area (TPSA) is 3.24 Å². The molecule has 0 aromatic heterocycles. The van der Waals surface area contributed by atoms with Crippen molar-refractivity contribution in [1.82, 2.24) is 0 Å². The molecule has 0 saturated heterocycles. The van der Waals surface area contributed by atoms with Crippen molar-refractivity contribution in [2.24, 2.45) is 5.92 Å². The van der Waals surface area contributed by atoms with E-state index < -0.39 is 0 Å². The van der Waals surface area contributed by atoms with Crippen molar-refractivity contribution in [3.05, 3.63) is 28.8 Å². The minimum atomic E-state index is 0.556. The number of nitrogens with zero attached hydrogens (tertiary/aromatic N) is 1. The first-order valence-corrected chi connectivity index (χ1v) is 8.64. The van der Waals surface area contributed by atoms with Gasteiger partial charge in [-0.3, -0.25) is 0 Å². The zero-order valence-corrected chi connectivity index (χ0v) is 14.8. The maximum atomic E-state index is 6.48. The smallest absolute Gasteiger partial charge is 0.0642 e. The van der Waals surface area contributed by atoms with Crippen LogP contribution in [0.25, 0.3) is 0 Å². The quantitative estimate of drug-likeness (QED) is 0.557. The average Bonchev–Trinajstić information content (AvgIpc) is 2.38. The lowest BCUT2D eigenvalue weighted by Crippen LogP contribution is -2.38. The van der Waals surface area contributed by atoms with Gasteiger partial charge in [0, 0.05) is 17.9 Å². The zero-order chi connectivity index (χ0) is 14.4. The van der Waals surface area contributed by atoms with Crippen molar-refractivity contribution in [1.29, 1.82) is 0 Å².